The number of hydrogen-bond acceptors (Lipinski definition) is 6. The maximum absolute atomic E-state index is 12.6. The number of hydrogen-bond donors (Lipinski definition) is 0. The summed E-state index contributed by atoms with van der Waals surface area (Å²) in [4.78, 5) is 26.1. The van der Waals surface area contributed by atoms with Crippen LogP contribution in [0.5, 0.6) is 5.75 Å². The third-order valence-electron chi connectivity index (χ3n) is 3.69. The van der Waals surface area contributed by atoms with Crippen molar-refractivity contribution in [1.29, 1.82) is 0 Å². The van der Waals surface area contributed by atoms with Gasteiger partial charge >= 0.3 is 5.97 Å². The van der Waals surface area contributed by atoms with Gasteiger partial charge in [-0.3, -0.25) is 14.5 Å². The summed E-state index contributed by atoms with van der Waals surface area (Å²) >= 11 is 6.02. The van der Waals surface area contributed by atoms with Crippen LogP contribution in [0.3, 0.4) is 0 Å². The molecule has 8 heteroatoms. The van der Waals surface area contributed by atoms with Crippen molar-refractivity contribution >= 4 is 29.2 Å². The highest BCUT2D eigenvalue weighted by Gasteiger charge is 2.41. The monoisotopic (exact) mass is 385 g/mol. The van der Waals surface area contributed by atoms with Crippen molar-refractivity contribution < 1.29 is 28.5 Å². The van der Waals surface area contributed by atoms with Gasteiger partial charge in [0.25, 0.3) is 5.91 Å². The highest BCUT2D eigenvalue weighted by atomic mass is 35.5. The van der Waals surface area contributed by atoms with Gasteiger partial charge in [0.05, 0.1) is 25.5 Å². The van der Waals surface area contributed by atoms with Crippen molar-refractivity contribution in [2.75, 3.05) is 44.5 Å². The van der Waals surface area contributed by atoms with Crippen LogP contribution in [0.4, 0.5) is 5.69 Å². The maximum atomic E-state index is 12.6. The lowest BCUT2D eigenvalue weighted by Crippen LogP contribution is -2.54. The average molecular weight is 386 g/mol. The molecule has 144 valence electrons. The van der Waals surface area contributed by atoms with Crippen LogP contribution in [-0.4, -0.2) is 57.1 Å². The van der Waals surface area contributed by atoms with Gasteiger partial charge in [0.1, 0.15) is 18.9 Å². The summed E-state index contributed by atoms with van der Waals surface area (Å²) in [6.45, 7) is 6.92. The van der Waals surface area contributed by atoms with Crippen LogP contribution < -0.4 is 9.64 Å². The summed E-state index contributed by atoms with van der Waals surface area (Å²) in [5, 5.41) is 0.445. The van der Waals surface area contributed by atoms with Crippen molar-refractivity contribution in [1.82, 2.24) is 0 Å². The van der Waals surface area contributed by atoms with Gasteiger partial charge in [-0.2, -0.15) is 0 Å². The fourth-order valence-corrected chi connectivity index (χ4v) is 2.62. The molecule has 1 aromatic rings. The zero-order chi connectivity index (χ0) is 19.2. The number of rotatable bonds is 9. The van der Waals surface area contributed by atoms with E-state index in [4.69, 9.17) is 30.5 Å². The Bertz CT molecular complexity index is 649. The van der Waals surface area contributed by atoms with E-state index in [0.717, 1.165) is 0 Å². The molecule has 1 heterocycles. The Balaban J connectivity index is 1.92. The molecule has 0 radical (unpaired) electrons. The second kappa shape index (κ2) is 9.21. The Morgan fingerprint density at radius 2 is 1.88 bits per heavy atom. The number of ether oxygens (including phenoxy) is 4. The number of amides is 1. The lowest BCUT2D eigenvalue weighted by Gasteiger charge is -2.38. The Labute approximate surface area is 158 Å². The van der Waals surface area contributed by atoms with Gasteiger partial charge in [0.15, 0.2) is 5.60 Å². The first-order chi connectivity index (χ1) is 12.3. The summed E-state index contributed by atoms with van der Waals surface area (Å²) in [6, 6.07) is 4.94. The second-order valence-corrected chi connectivity index (χ2v) is 6.58. The average Bonchev–Trinajstić information content (AvgIpc) is 2.59. The fraction of sp³-hybridized carbons (Fsp3) is 0.556. The SMILES string of the molecule is CCOCCOCCOC(=O)CN1C(=O)C(C)(C)Oc2ccc(Cl)cc21. The highest BCUT2D eigenvalue weighted by molar-refractivity contribution is 6.31. The van der Waals surface area contributed by atoms with Crippen molar-refractivity contribution in [3.8, 4) is 5.75 Å². The summed E-state index contributed by atoms with van der Waals surface area (Å²) < 4.78 is 21.3. The van der Waals surface area contributed by atoms with E-state index in [1.165, 1.54) is 4.90 Å². The van der Waals surface area contributed by atoms with Gasteiger partial charge in [-0.1, -0.05) is 11.6 Å². The molecule has 1 amide bonds. The maximum Gasteiger partial charge on any atom is 0.326 e. The molecule has 7 nitrogen and oxygen atoms in total. The molecule has 1 aliphatic rings. The minimum absolute atomic E-state index is 0.106. The van der Waals surface area contributed by atoms with Crippen LogP contribution in [0.15, 0.2) is 18.2 Å². The molecule has 0 aliphatic carbocycles. The number of fused-ring (bicyclic) bond motifs is 1. The lowest BCUT2D eigenvalue weighted by atomic mass is 10.0. The molecule has 1 aromatic carbocycles. The summed E-state index contributed by atoms with van der Waals surface area (Å²) in [6.07, 6.45) is 0. The number of benzene rings is 1. The largest absolute Gasteiger partial charge is 0.476 e. The molecule has 0 fully saturated rings. The fourth-order valence-electron chi connectivity index (χ4n) is 2.45. The Morgan fingerprint density at radius 1 is 1.19 bits per heavy atom. The zero-order valence-electron chi connectivity index (χ0n) is 15.2. The number of nitrogens with zero attached hydrogens (tertiary/aromatic N) is 1. The second-order valence-electron chi connectivity index (χ2n) is 6.15. The van der Waals surface area contributed by atoms with E-state index in [1.54, 1.807) is 32.0 Å². The van der Waals surface area contributed by atoms with Gasteiger partial charge in [-0.25, -0.2) is 0 Å². The number of esters is 1. The zero-order valence-corrected chi connectivity index (χ0v) is 16.0. The molecular weight excluding hydrogens is 362 g/mol. The van der Waals surface area contributed by atoms with Crippen LogP contribution in [0.2, 0.25) is 5.02 Å². The normalized spacial score (nSPS) is 15.4. The minimum Gasteiger partial charge on any atom is -0.476 e. The van der Waals surface area contributed by atoms with Gasteiger partial charge < -0.3 is 18.9 Å². The minimum atomic E-state index is -1.08. The number of carbonyl (C=O) groups is 2. The van der Waals surface area contributed by atoms with Gasteiger partial charge in [-0.15, -0.1) is 0 Å². The Kier molecular flexibility index (Phi) is 7.25. The Hall–Kier alpha value is -1.83. The summed E-state index contributed by atoms with van der Waals surface area (Å²) in [5.41, 5.74) is -0.629. The molecule has 2 rings (SSSR count). The first-order valence-corrected chi connectivity index (χ1v) is 8.84. The molecular formula is C18H24ClNO6. The van der Waals surface area contributed by atoms with Crippen molar-refractivity contribution in [3.05, 3.63) is 23.2 Å². The quantitative estimate of drug-likeness (QED) is 0.480. The first kappa shape index (κ1) is 20.5. The molecule has 0 atom stereocenters. The van der Waals surface area contributed by atoms with Crippen LogP contribution >= 0.6 is 11.6 Å². The van der Waals surface area contributed by atoms with E-state index >= 15 is 0 Å². The van der Waals surface area contributed by atoms with Crippen LogP contribution in [0.1, 0.15) is 20.8 Å². The van der Waals surface area contributed by atoms with Crippen LogP contribution in [-0.2, 0) is 23.8 Å². The predicted molar refractivity (Wildman–Crippen MR) is 96.8 cm³/mol. The molecule has 26 heavy (non-hydrogen) atoms. The van der Waals surface area contributed by atoms with Crippen LogP contribution in [0, 0.1) is 0 Å². The van der Waals surface area contributed by atoms with Gasteiger partial charge in [-0.05, 0) is 39.0 Å². The van der Waals surface area contributed by atoms with Crippen molar-refractivity contribution in [2.45, 2.75) is 26.4 Å². The molecule has 0 unspecified atom stereocenters. The standard InChI is InChI=1S/C18H24ClNO6/c1-4-23-7-8-24-9-10-25-16(21)12-20-14-11-13(19)5-6-15(14)26-18(2,3)17(20)22/h5-6,11H,4,7-10,12H2,1-3H3. The molecule has 0 spiro atoms. The summed E-state index contributed by atoms with van der Waals surface area (Å²) in [7, 11) is 0. The van der Waals surface area contributed by atoms with E-state index in [1.807, 2.05) is 6.92 Å². The van der Waals surface area contributed by atoms with Crippen LogP contribution in [0.25, 0.3) is 0 Å². The molecule has 0 saturated carbocycles. The van der Waals surface area contributed by atoms with Gasteiger partial charge in [0.2, 0.25) is 0 Å². The smallest absolute Gasteiger partial charge is 0.326 e. The summed E-state index contributed by atoms with van der Waals surface area (Å²) in [5.74, 6) is -0.376. The van der Waals surface area contributed by atoms with E-state index in [0.29, 0.717) is 36.3 Å². The third kappa shape index (κ3) is 5.33. The molecule has 0 saturated heterocycles. The van der Waals surface area contributed by atoms with Crippen molar-refractivity contribution in [2.24, 2.45) is 0 Å². The molecule has 0 bridgehead atoms. The predicted octanol–water partition coefficient (Wildman–Crippen LogP) is 2.44. The van der Waals surface area contributed by atoms with E-state index in [-0.39, 0.29) is 25.7 Å². The third-order valence-corrected chi connectivity index (χ3v) is 3.93. The molecule has 0 aromatic heterocycles. The number of anilines is 1. The number of carbonyl (C=O) groups excluding carboxylic acids is 2. The highest BCUT2D eigenvalue weighted by Crippen LogP contribution is 2.39. The Morgan fingerprint density at radius 3 is 2.62 bits per heavy atom. The van der Waals surface area contributed by atoms with E-state index in [9.17, 15) is 9.59 Å². The van der Waals surface area contributed by atoms with E-state index in [2.05, 4.69) is 0 Å². The molecule has 1 aliphatic heterocycles. The first-order valence-electron chi connectivity index (χ1n) is 8.47. The number of halogens is 1. The topological polar surface area (TPSA) is 74.3 Å². The van der Waals surface area contributed by atoms with Crippen molar-refractivity contribution in [3.63, 3.8) is 0 Å². The van der Waals surface area contributed by atoms with E-state index < -0.39 is 11.6 Å². The molecule has 0 N–H and O–H groups in total. The lowest BCUT2D eigenvalue weighted by molar-refractivity contribution is -0.145. The van der Waals surface area contributed by atoms with Gasteiger partial charge in [0, 0.05) is 11.6 Å².